The van der Waals surface area contributed by atoms with Crippen LogP contribution in [0.3, 0.4) is 0 Å². The van der Waals surface area contributed by atoms with Crippen LogP contribution in [0.5, 0.6) is 0 Å². The molecule has 0 bridgehead atoms. The molecule has 276 valence electrons. The van der Waals surface area contributed by atoms with E-state index in [-0.39, 0.29) is 5.56 Å². The number of nitrogens with zero attached hydrogens (tertiary/aromatic N) is 5. The van der Waals surface area contributed by atoms with Gasteiger partial charge in [0.05, 0.1) is 38.5 Å². The van der Waals surface area contributed by atoms with Crippen LogP contribution < -0.4 is 5.56 Å². The summed E-state index contributed by atoms with van der Waals surface area (Å²) in [4.78, 5) is 24.5. The number of aromatic nitrogens is 5. The molecule has 0 amide bonds. The van der Waals surface area contributed by atoms with Crippen LogP contribution in [0.2, 0.25) is 0 Å². The van der Waals surface area contributed by atoms with Crippen molar-refractivity contribution in [3.63, 3.8) is 0 Å². The van der Waals surface area contributed by atoms with E-state index in [0.29, 0.717) is 16.9 Å². The number of hydrogen-bond acceptors (Lipinski definition) is 3. The van der Waals surface area contributed by atoms with Crippen LogP contribution >= 0.6 is 0 Å². The molecule has 0 aliphatic rings. The molecule has 0 fully saturated rings. The van der Waals surface area contributed by atoms with Gasteiger partial charge in [0, 0.05) is 44.5 Å². The summed E-state index contributed by atoms with van der Waals surface area (Å²) in [7, 11) is 0. The maximum absolute atomic E-state index is 14.4. The zero-order valence-electron chi connectivity index (χ0n) is 31.7. The highest BCUT2D eigenvalue weighted by Crippen LogP contribution is 2.38. The highest BCUT2D eigenvalue weighted by Gasteiger charge is 2.20. The van der Waals surface area contributed by atoms with E-state index in [4.69, 9.17) is 9.97 Å². The molecule has 0 atom stereocenters. The van der Waals surface area contributed by atoms with Crippen molar-refractivity contribution >= 4 is 65.4 Å². The Morgan fingerprint density at radius 3 is 1.44 bits per heavy atom. The van der Waals surface area contributed by atoms with Crippen LogP contribution in [0.4, 0.5) is 0 Å². The highest BCUT2D eigenvalue weighted by molar-refractivity contribution is 6.13. The molecule has 0 unspecified atom stereocenters. The van der Waals surface area contributed by atoms with Gasteiger partial charge in [-0.3, -0.25) is 13.9 Å². The summed E-state index contributed by atoms with van der Waals surface area (Å²) in [5.74, 6) is 0.515. The lowest BCUT2D eigenvalue weighted by molar-refractivity contribution is 1.00. The summed E-state index contributed by atoms with van der Waals surface area (Å²) >= 11 is 0. The summed E-state index contributed by atoms with van der Waals surface area (Å²) in [6.07, 6.45) is 1.69. The number of hydrogen-bond donors (Lipinski definition) is 0. The lowest BCUT2D eigenvalue weighted by Crippen LogP contribution is -2.20. The lowest BCUT2D eigenvalue weighted by atomic mass is 10.0. The Bertz CT molecular complexity index is 3680. The Morgan fingerprint density at radius 2 is 0.797 bits per heavy atom. The fourth-order valence-corrected chi connectivity index (χ4v) is 9.01. The van der Waals surface area contributed by atoms with Crippen molar-refractivity contribution in [1.29, 1.82) is 0 Å². The molecule has 8 aromatic carbocycles. The van der Waals surface area contributed by atoms with Gasteiger partial charge in [-0.15, -0.1) is 0 Å². The third kappa shape index (κ3) is 5.10. The van der Waals surface area contributed by atoms with E-state index in [1.54, 1.807) is 10.8 Å². The molecule has 12 rings (SSSR count). The third-order valence-electron chi connectivity index (χ3n) is 11.7. The van der Waals surface area contributed by atoms with E-state index < -0.39 is 0 Å². The molecule has 0 radical (unpaired) electrons. The summed E-state index contributed by atoms with van der Waals surface area (Å²) in [6.45, 7) is 0. The molecule has 0 aliphatic heterocycles. The largest absolute Gasteiger partial charge is 0.309 e. The van der Waals surface area contributed by atoms with Crippen molar-refractivity contribution in [3.8, 4) is 39.6 Å². The smallest absolute Gasteiger partial charge is 0.266 e. The molecule has 0 saturated heterocycles. The Morgan fingerprint density at radius 1 is 0.339 bits per heavy atom. The van der Waals surface area contributed by atoms with Gasteiger partial charge in [-0.2, -0.15) is 0 Å². The maximum Gasteiger partial charge on any atom is 0.266 e. The third-order valence-corrected chi connectivity index (χ3v) is 11.7. The van der Waals surface area contributed by atoms with Gasteiger partial charge in [-0.05, 0) is 89.0 Å². The first-order valence-corrected chi connectivity index (χ1v) is 19.8. The molecule has 4 heterocycles. The van der Waals surface area contributed by atoms with Crippen molar-refractivity contribution in [2.75, 3.05) is 0 Å². The first-order chi connectivity index (χ1) is 29.2. The van der Waals surface area contributed by atoms with E-state index >= 15 is 0 Å². The molecule has 4 aromatic heterocycles. The fraction of sp³-hybridized carbons (Fsp3) is 0. The van der Waals surface area contributed by atoms with Gasteiger partial charge in [-0.1, -0.05) is 127 Å². The first kappa shape index (κ1) is 33.1. The molecule has 0 spiro atoms. The molecule has 12 aromatic rings. The lowest BCUT2D eigenvalue weighted by Gasteiger charge is -2.14. The van der Waals surface area contributed by atoms with Crippen molar-refractivity contribution in [3.05, 3.63) is 211 Å². The predicted molar refractivity (Wildman–Crippen MR) is 242 cm³/mol. The molecular formula is C53H33N5O. The number of rotatable bonds is 5. The number of benzene rings is 8. The minimum absolute atomic E-state index is 0.159. The highest BCUT2D eigenvalue weighted by atomic mass is 16.1. The van der Waals surface area contributed by atoms with Gasteiger partial charge in [0.15, 0.2) is 0 Å². The molecule has 0 saturated carbocycles. The van der Waals surface area contributed by atoms with E-state index in [1.807, 2.05) is 60.7 Å². The van der Waals surface area contributed by atoms with Crippen LogP contribution in [0, 0.1) is 0 Å². The van der Waals surface area contributed by atoms with E-state index in [1.165, 1.54) is 21.8 Å². The molecular weight excluding hydrogens is 723 g/mol. The zero-order valence-corrected chi connectivity index (χ0v) is 31.7. The molecule has 0 N–H and O–H groups in total. The van der Waals surface area contributed by atoms with Gasteiger partial charge < -0.3 is 4.57 Å². The summed E-state index contributed by atoms with van der Waals surface area (Å²) in [6, 6.07) is 67.4. The van der Waals surface area contributed by atoms with Crippen LogP contribution in [0.1, 0.15) is 0 Å². The van der Waals surface area contributed by atoms with Crippen molar-refractivity contribution < 1.29 is 0 Å². The van der Waals surface area contributed by atoms with Gasteiger partial charge in [0.1, 0.15) is 0 Å². The Hall–Kier alpha value is -8.09. The van der Waals surface area contributed by atoms with Crippen molar-refractivity contribution in [2.24, 2.45) is 0 Å². The minimum Gasteiger partial charge on any atom is -0.309 e. The molecule has 0 aliphatic carbocycles. The SMILES string of the molecule is O=c1c2cnc(-n3c4ccccc4c4cc(-c5ccc6c(c5)c5ccccc5n6-c5ccccc5)ccc43)nc2c2ccccc2n1-c1ccc(-c2ccccc2)cc1. The number of para-hydroxylation sites is 4. The maximum atomic E-state index is 14.4. The normalized spacial score (nSPS) is 11.8. The van der Waals surface area contributed by atoms with Gasteiger partial charge in [0.2, 0.25) is 5.95 Å². The minimum atomic E-state index is -0.159. The van der Waals surface area contributed by atoms with Gasteiger partial charge in [0.25, 0.3) is 5.56 Å². The van der Waals surface area contributed by atoms with Crippen LogP contribution in [0.15, 0.2) is 205 Å². The quantitative estimate of drug-likeness (QED) is 0.164. The molecule has 6 heteroatoms. The summed E-state index contributed by atoms with van der Waals surface area (Å²) in [5, 5.41) is 5.99. The standard InChI is InChI=1S/C53H33N5O/c59-52-45-33-54-53(55-51(45)42-19-9-12-22-48(42)57(52)39-27-23-35(24-28-39)34-13-3-1-4-14-34)58-47-21-11-8-18-41(47)44-32-37(26-30-50(44)58)36-25-29-49-43(31-36)40-17-7-10-20-46(40)56(49)38-15-5-2-6-16-38/h1-33H. The van der Waals surface area contributed by atoms with Gasteiger partial charge >= 0.3 is 0 Å². The van der Waals surface area contributed by atoms with E-state index in [9.17, 15) is 4.79 Å². The first-order valence-electron chi connectivity index (χ1n) is 19.8. The Labute approximate surface area is 338 Å². The predicted octanol–water partition coefficient (Wildman–Crippen LogP) is 12.5. The van der Waals surface area contributed by atoms with Gasteiger partial charge in [-0.25, -0.2) is 9.97 Å². The monoisotopic (exact) mass is 755 g/mol. The van der Waals surface area contributed by atoms with E-state index in [0.717, 1.165) is 66.3 Å². The molecule has 6 nitrogen and oxygen atoms in total. The van der Waals surface area contributed by atoms with Crippen molar-refractivity contribution in [2.45, 2.75) is 0 Å². The molecule has 59 heavy (non-hydrogen) atoms. The number of pyridine rings is 1. The average molecular weight is 756 g/mol. The zero-order chi connectivity index (χ0) is 39.0. The average Bonchev–Trinajstić information content (AvgIpc) is 3.82. The van der Waals surface area contributed by atoms with Crippen LogP contribution in [0.25, 0.3) is 105 Å². The van der Waals surface area contributed by atoms with E-state index in [2.05, 4.69) is 143 Å². The fourth-order valence-electron chi connectivity index (χ4n) is 9.01. The van der Waals surface area contributed by atoms with Crippen LogP contribution in [-0.4, -0.2) is 23.7 Å². The van der Waals surface area contributed by atoms with Crippen molar-refractivity contribution in [1.82, 2.24) is 23.7 Å². The second kappa shape index (κ2) is 13.0. The Kier molecular flexibility index (Phi) is 7.28. The van der Waals surface area contributed by atoms with Crippen LogP contribution in [-0.2, 0) is 0 Å². The summed E-state index contributed by atoms with van der Waals surface area (Å²) < 4.78 is 6.23. The second-order valence-corrected chi connectivity index (χ2v) is 15.0. The Balaban J connectivity index is 1.00. The second-order valence-electron chi connectivity index (χ2n) is 15.0. The summed E-state index contributed by atoms with van der Waals surface area (Å²) in [5.41, 5.74) is 12.0. The number of fused-ring (bicyclic) bond motifs is 9. The topological polar surface area (TPSA) is 57.6 Å².